The molecule has 2 nitrogen and oxygen atoms in total. The van der Waals surface area contributed by atoms with Crippen molar-refractivity contribution in [1.29, 1.82) is 0 Å². The minimum absolute atomic E-state index is 0.252. The summed E-state index contributed by atoms with van der Waals surface area (Å²) < 4.78 is 2.40. The van der Waals surface area contributed by atoms with Crippen LogP contribution in [-0.2, 0) is 0 Å². The molecule has 3 heteroatoms. The van der Waals surface area contributed by atoms with E-state index in [0.717, 1.165) is 11.2 Å². The van der Waals surface area contributed by atoms with Gasteiger partial charge in [-0.15, -0.1) is 0 Å². The summed E-state index contributed by atoms with van der Waals surface area (Å²) >= 11 is 0. The van der Waals surface area contributed by atoms with Crippen molar-refractivity contribution < 1.29 is 0 Å². The molecule has 26 heavy (non-hydrogen) atoms. The third kappa shape index (κ3) is 1.33. The van der Waals surface area contributed by atoms with Crippen LogP contribution < -0.4 is 16.4 Å². The lowest BCUT2D eigenvalue weighted by Crippen LogP contribution is -2.54. The molecule has 0 saturated heterocycles. The molecule has 0 atom stereocenters. The van der Waals surface area contributed by atoms with Gasteiger partial charge in [-0.3, -0.25) is 4.40 Å². The molecule has 0 spiro atoms. The molecule has 0 saturated carbocycles. The van der Waals surface area contributed by atoms with Crippen LogP contribution in [0.15, 0.2) is 78.9 Å². The highest BCUT2D eigenvalue weighted by atomic mass is 15.0. The number of fused-ring (bicyclic) bond motifs is 1. The number of benzene rings is 4. The van der Waals surface area contributed by atoms with Gasteiger partial charge in [-0.25, -0.2) is 4.98 Å². The Hall–Kier alpha value is -3.33. The van der Waals surface area contributed by atoms with E-state index in [1.54, 1.807) is 0 Å². The zero-order chi connectivity index (χ0) is 16.8. The molecule has 1 aliphatic heterocycles. The van der Waals surface area contributed by atoms with Crippen molar-refractivity contribution >= 4 is 61.5 Å². The van der Waals surface area contributed by atoms with Crippen LogP contribution in [0.1, 0.15) is 0 Å². The SMILES string of the molecule is c1ccc(B2c3cccc4nc5c6cccc7ccc2c(c76)n5c34)cc1. The fourth-order valence-electron chi connectivity index (χ4n) is 4.99. The number of nitrogens with zero attached hydrogens (tertiary/aromatic N) is 2. The van der Waals surface area contributed by atoms with Gasteiger partial charge in [-0.2, -0.15) is 0 Å². The summed E-state index contributed by atoms with van der Waals surface area (Å²) in [6.45, 7) is 0.252. The van der Waals surface area contributed by atoms with Gasteiger partial charge < -0.3 is 0 Å². The van der Waals surface area contributed by atoms with Crippen molar-refractivity contribution in [2.45, 2.75) is 0 Å². The maximum absolute atomic E-state index is 5.02. The van der Waals surface area contributed by atoms with Gasteiger partial charge in [-0.05, 0) is 22.4 Å². The van der Waals surface area contributed by atoms with E-state index in [1.807, 2.05) is 0 Å². The van der Waals surface area contributed by atoms with Crippen molar-refractivity contribution in [3.63, 3.8) is 0 Å². The Kier molecular flexibility index (Phi) is 2.12. The minimum Gasteiger partial charge on any atom is -0.293 e. The number of hydrogen-bond acceptors (Lipinski definition) is 1. The van der Waals surface area contributed by atoms with E-state index in [2.05, 4.69) is 83.3 Å². The highest BCUT2D eigenvalue weighted by Crippen LogP contribution is 2.35. The lowest BCUT2D eigenvalue weighted by atomic mass is 9.36. The molecule has 118 valence electrons. The highest BCUT2D eigenvalue weighted by molar-refractivity contribution is 6.98. The second kappa shape index (κ2) is 4.25. The molecule has 3 heterocycles. The van der Waals surface area contributed by atoms with Crippen LogP contribution in [-0.4, -0.2) is 16.1 Å². The molecule has 4 aromatic carbocycles. The van der Waals surface area contributed by atoms with Crippen molar-refractivity contribution in [2.24, 2.45) is 0 Å². The van der Waals surface area contributed by atoms with Gasteiger partial charge >= 0.3 is 0 Å². The number of aromatic nitrogens is 2. The summed E-state index contributed by atoms with van der Waals surface area (Å²) in [6, 6.07) is 28.6. The monoisotopic (exact) mass is 328 g/mol. The van der Waals surface area contributed by atoms with Crippen LogP contribution in [0.5, 0.6) is 0 Å². The van der Waals surface area contributed by atoms with Crippen LogP contribution in [0.4, 0.5) is 0 Å². The van der Waals surface area contributed by atoms with Gasteiger partial charge in [0.2, 0.25) is 6.71 Å². The van der Waals surface area contributed by atoms with Gasteiger partial charge in [0.1, 0.15) is 5.65 Å². The number of rotatable bonds is 1. The van der Waals surface area contributed by atoms with E-state index in [-0.39, 0.29) is 6.71 Å². The number of para-hydroxylation sites is 1. The largest absolute Gasteiger partial charge is 0.293 e. The van der Waals surface area contributed by atoms with Crippen molar-refractivity contribution in [3.8, 4) is 0 Å². The molecule has 0 unspecified atom stereocenters. The van der Waals surface area contributed by atoms with Crippen molar-refractivity contribution in [1.82, 2.24) is 9.38 Å². The first-order valence-corrected chi connectivity index (χ1v) is 9.04. The van der Waals surface area contributed by atoms with E-state index in [9.17, 15) is 0 Å². The molecular weight excluding hydrogens is 315 g/mol. The third-order valence-corrected chi connectivity index (χ3v) is 5.98. The Morgan fingerprint density at radius 2 is 1.54 bits per heavy atom. The lowest BCUT2D eigenvalue weighted by Gasteiger charge is -2.22. The Morgan fingerprint density at radius 3 is 2.46 bits per heavy atom. The van der Waals surface area contributed by atoms with Crippen LogP contribution in [0.3, 0.4) is 0 Å². The predicted octanol–water partition coefficient (Wildman–Crippen LogP) is 3.06. The fraction of sp³-hybridized carbons (Fsp3) is 0. The zero-order valence-electron chi connectivity index (χ0n) is 14.0. The first-order valence-electron chi connectivity index (χ1n) is 9.04. The first-order chi connectivity index (χ1) is 12.9. The van der Waals surface area contributed by atoms with Gasteiger partial charge in [0.15, 0.2) is 0 Å². The summed E-state index contributed by atoms with van der Waals surface area (Å²) in [5.41, 5.74) is 8.87. The summed E-state index contributed by atoms with van der Waals surface area (Å²) in [5, 5.41) is 3.91. The molecule has 0 radical (unpaired) electrons. The molecule has 2 aromatic heterocycles. The molecule has 0 N–H and O–H groups in total. The van der Waals surface area contributed by atoms with Crippen LogP contribution in [0.2, 0.25) is 0 Å². The Labute approximate surface area is 150 Å². The maximum atomic E-state index is 5.02. The smallest absolute Gasteiger partial charge is 0.246 e. The summed E-state index contributed by atoms with van der Waals surface area (Å²) in [6.07, 6.45) is 0. The fourth-order valence-corrected chi connectivity index (χ4v) is 4.99. The standard InChI is InChI=1S/C23H13BN2/c1-2-7-15(8-3-1)24-17-10-5-11-19-21(17)26-22-18(24)13-12-14-6-4-9-16(20(14)22)23(26)25-19/h1-13H. The van der Waals surface area contributed by atoms with E-state index >= 15 is 0 Å². The topological polar surface area (TPSA) is 17.3 Å². The normalized spacial score (nSPS) is 13.3. The maximum Gasteiger partial charge on any atom is 0.246 e. The highest BCUT2D eigenvalue weighted by Gasteiger charge is 2.33. The Balaban J connectivity index is 1.82. The Morgan fingerprint density at radius 1 is 0.692 bits per heavy atom. The predicted molar refractivity (Wildman–Crippen MR) is 110 cm³/mol. The number of imidazole rings is 1. The van der Waals surface area contributed by atoms with Gasteiger partial charge in [0.05, 0.1) is 16.6 Å². The quantitative estimate of drug-likeness (QED) is 0.424. The van der Waals surface area contributed by atoms with Crippen LogP contribution in [0.25, 0.3) is 38.4 Å². The van der Waals surface area contributed by atoms with Crippen LogP contribution in [0, 0.1) is 0 Å². The first kappa shape index (κ1) is 13.0. The van der Waals surface area contributed by atoms with Gasteiger partial charge in [-0.1, -0.05) is 78.3 Å². The molecule has 7 rings (SSSR count). The van der Waals surface area contributed by atoms with E-state index < -0.39 is 0 Å². The van der Waals surface area contributed by atoms with E-state index in [4.69, 9.17) is 4.98 Å². The molecular formula is C23H13BN2. The molecule has 1 aliphatic rings. The molecule has 0 amide bonds. The van der Waals surface area contributed by atoms with Gasteiger partial charge in [0, 0.05) is 10.8 Å². The average Bonchev–Trinajstić information content (AvgIpc) is 3.23. The van der Waals surface area contributed by atoms with Crippen molar-refractivity contribution in [2.75, 3.05) is 0 Å². The molecule has 0 fully saturated rings. The molecule has 0 bridgehead atoms. The van der Waals surface area contributed by atoms with Gasteiger partial charge in [0.25, 0.3) is 0 Å². The average molecular weight is 328 g/mol. The van der Waals surface area contributed by atoms with Crippen molar-refractivity contribution in [3.05, 3.63) is 78.9 Å². The lowest BCUT2D eigenvalue weighted by molar-refractivity contribution is 1.34. The minimum atomic E-state index is 0.252. The number of hydrogen-bond donors (Lipinski definition) is 0. The molecule has 0 aliphatic carbocycles. The van der Waals surface area contributed by atoms with E-state index in [1.165, 1.54) is 43.6 Å². The second-order valence-electron chi connectivity index (χ2n) is 7.24. The Bertz CT molecular complexity index is 1480. The molecule has 6 aromatic rings. The summed E-state index contributed by atoms with van der Waals surface area (Å²) in [4.78, 5) is 5.02. The summed E-state index contributed by atoms with van der Waals surface area (Å²) in [7, 11) is 0. The second-order valence-corrected chi connectivity index (χ2v) is 7.24. The zero-order valence-corrected chi connectivity index (χ0v) is 14.0. The summed E-state index contributed by atoms with van der Waals surface area (Å²) in [5.74, 6) is 0. The van der Waals surface area contributed by atoms with E-state index in [0.29, 0.717) is 0 Å². The van der Waals surface area contributed by atoms with Crippen LogP contribution >= 0.6 is 0 Å². The third-order valence-electron chi connectivity index (χ3n) is 5.98.